The van der Waals surface area contributed by atoms with Gasteiger partial charge in [0.2, 0.25) is 5.91 Å². The molecule has 0 N–H and O–H groups in total. The number of hydrogen-bond acceptors (Lipinski definition) is 5. The van der Waals surface area contributed by atoms with Crippen LogP contribution in [0.4, 0.5) is 0 Å². The maximum absolute atomic E-state index is 13.0. The third-order valence-electron chi connectivity index (χ3n) is 6.83. The van der Waals surface area contributed by atoms with Gasteiger partial charge < -0.3 is 14.4 Å². The van der Waals surface area contributed by atoms with E-state index in [1.54, 1.807) is 0 Å². The van der Waals surface area contributed by atoms with Gasteiger partial charge in [-0.05, 0) is 38.5 Å². The Labute approximate surface area is 167 Å². The van der Waals surface area contributed by atoms with Gasteiger partial charge in [0.25, 0.3) is 0 Å². The van der Waals surface area contributed by atoms with Crippen LogP contribution in [0, 0.1) is 12.8 Å². The lowest BCUT2D eigenvalue weighted by atomic mass is 9.87. The largest absolute Gasteiger partial charge is 0.381 e. The van der Waals surface area contributed by atoms with Crippen LogP contribution >= 0.6 is 0 Å². The molecule has 1 spiro atoms. The molecule has 1 aromatic rings. The summed E-state index contributed by atoms with van der Waals surface area (Å²) >= 11 is 0. The zero-order valence-electron chi connectivity index (χ0n) is 17.4. The van der Waals surface area contributed by atoms with Crippen LogP contribution in [-0.4, -0.2) is 77.1 Å². The van der Waals surface area contributed by atoms with Crippen molar-refractivity contribution >= 4 is 5.91 Å². The number of aromatic nitrogens is 2. The lowest BCUT2D eigenvalue weighted by Gasteiger charge is -2.40. The molecule has 7 heteroatoms. The number of hydrogen-bond donors (Lipinski definition) is 0. The van der Waals surface area contributed by atoms with Crippen molar-refractivity contribution in [1.82, 2.24) is 19.6 Å². The zero-order chi connectivity index (χ0) is 19.6. The van der Waals surface area contributed by atoms with Crippen molar-refractivity contribution in [1.29, 1.82) is 0 Å². The minimum absolute atomic E-state index is 0.264. The summed E-state index contributed by atoms with van der Waals surface area (Å²) in [5.74, 6) is 0.746. The van der Waals surface area contributed by atoms with E-state index in [2.05, 4.69) is 16.9 Å². The van der Waals surface area contributed by atoms with Crippen LogP contribution in [0.3, 0.4) is 0 Å². The third-order valence-corrected chi connectivity index (χ3v) is 6.83. The van der Waals surface area contributed by atoms with Gasteiger partial charge in [0.15, 0.2) is 0 Å². The van der Waals surface area contributed by atoms with Crippen LogP contribution < -0.4 is 0 Å². The molecule has 0 saturated carbocycles. The Bertz CT molecular complexity index is 675. The number of likely N-dealkylation sites (tertiary alicyclic amines) is 1. The molecule has 1 amide bonds. The second kappa shape index (κ2) is 8.51. The predicted molar refractivity (Wildman–Crippen MR) is 106 cm³/mol. The van der Waals surface area contributed by atoms with Gasteiger partial charge in [-0.25, -0.2) is 0 Å². The minimum atomic E-state index is -0.268. The van der Waals surface area contributed by atoms with E-state index in [0.717, 1.165) is 65.2 Å². The first-order chi connectivity index (χ1) is 13.5. The number of rotatable bonds is 4. The molecule has 3 fully saturated rings. The first kappa shape index (κ1) is 19.9. The van der Waals surface area contributed by atoms with Crippen molar-refractivity contribution in [2.45, 2.75) is 51.2 Å². The summed E-state index contributed by atoms with van der Waals surface area (Å²) in [6.45, 7) is 8.84. The van der Waals surface area contributed by atoms with Crippen molar-refractivity contribution in [3.63, 3.8) is 0 Å². The van der Waals surface area contributed by atoms with Gasteiger partial charge >= 0.3 is 0 Å². The first-order valence-corrected chi connectivity index (χ1v) is 10.7. The Morgan fingerprint density at radius 3 is 2.75 bits per heavy atom. The molecule has 3 saturated heterocycles. The minimum Gasteiger partial charge on any atom is -0.381 e. The molecule has 1 unspecified atom stereocenters. The Kier molecular flexibility index (Phi) is 6.04. The van der Waals surface area contributed by atoms with Gasteiger partial charge in [0.05, 0.1) is 31.4 Å². The molecular formula is C21H34N4O3. The van der Waals surface area contributed by atoms with Gasteiger partial charge in [0.1, 0.15) is 0 Å². The second-order valence-corrected chi connectivity index (χ2v) is 8.79. The number of piperidine rings is 1. The maximum Gasteiger partial charge on any atom is 0.225 e. The third kappa shape index (κ3) is 4.42. The standard InChI is InChI=1S/C21H34N4O3/c1-17-19(13-22-23(17)2)15-24-7-5-21(6-8-24)12-20(26)25(9-11-28-21)14-18-4-3-10-27-16-18/h13,18H,3-12,14-16H2,1-2H3. The summed E-state index contributed by atoms with van der Waals surface area (Å²) in [5.41, 5.74) is 2.25. The fraction of sp³-hybridized carbons (Fsp3) is 0.810. The normalized spacial score (nSPS) is 26.6. The van der Waals surface area contributed by atoms with Crippen LogP contribution in [0.25, 0.3) is 0 Å². The molecule has 4 rings (SSSR count). The summed E-state index contributed by atoms with van der Waals surface area (Å²) in [7, 11) is 1.99. The van der Waals surface area contributed by atoms with Crippen LogP contribution in [0.1, 0.15) is 43.4 Å². The fourth-order valence-electron chi connectivity index (χ4n) is 4.77. The Morgan fingerprint density at radius 1 is 1.25 bits per heavy atom. The zero-order valence-corrected chi connectivity index (χ0v) is 17.4. The summed E-state index contributed by atoms with van der Waals surface area (Å²) < 4.78 is 13.8. The fourth-order valence-corrected chi connectivity index (χ4v) is 4.77. The molecule has 4 heterocycles. The molecular weight excluding hydrogens is 356 g/mol. The number of aryl methyl sites for hydroxylation is 1. The van der Waals surface area contributed by atoms with E-state index in [-0.39, 0.29) is 11.5 Å². The summed E-state index contributed by atoms with van der Waals surface area (Å²) in [6, 6.07) is 0. The van der Waals surface area contributed by atoms with Crippen molar-refractivity contribution in [3.8, 4) is 0 Å². The summed E-state index contributed by atoms with van der Waals surface area (Å²) in [4.78, 5) is 17.5. The van der Waals surface area contributed by atoms with Crippen molar-refractivity contribution < 1.29 is 14.3 Å². The van der Waals surface area contributed by atoms with Crippen molar-refractivity contribution in [2.24, 2.45) is 13.0 Å². The highest BCUT2D eigenvalue weighted by Gasteiger charge is 2.41. The summed E-state index contributed by atoms with van der Waals surface area (Å²) in [6.07, 6.45) is 6.63. The molecule has 1 atom stereocenters. The number of ether oxygens (including phenoxy) is 2. The predicted octanol–water partition coefficient (Wildman–Crippen LogP) is 1.74. The quantitative estimate of drug-likeness (QED) is 0.784. The van der Waals surface area contributed by atoms with Crippen LogP contribution in [0.5, 0.6) is 0 Å². The highest BCUT2D eigenvalue weighted by molar-refractivity contribution is 5.77. The molecule has 156 valence electrons. The monoisotopic (exact) mass is 390 g/mol. The average molecular weight is 391 g/mol. The first-order valence-electron chi connectivity index (χ1n) is 10.7. The van der Waals surface area contributed by atoms with E-state index in [4.69, 9.17) is 9.47 Å². The molecule has 0 aromatic carbocycles. The summed E-state index contributed by atoms with van der Waals surface area (Å²) in [5, 5.41) is 4.35. The highest BCUT2D eigenvalue weighted by atomic mass is 16.5. The van der Waals surface area contributed by atoms with E-state index in [1.165, 1.54) is 17.7 Å². The van der Waals surface area contributed by atoms with E-state index in [9.17, 15) is 4.79 Å². The average Bonchev–Trinajstić information content (AvgIpc) is 2.93. The van der Waals surface area contributed by atoms with Gasteiger partial charge in [-0.2, -0.15) is 5.10 Å². The number of nitrogens with zero attached hydrogens (tertiary/aromatic N) is 4. The molecule has 28 heavy (non-hydrogen) atoms. The van der Waals surface area contributed by atoms with Crippen LogP contribution in [-0.2, 0) is 27.9 Å². The van der Waals surface area contributed by atoms with E-state index in [1.807, 2.05) is 22.8 Å². The maximum atomic E-state index is 13.0. The van der Waals surface area contributed by atoms with Crippen LogP contribution in [0.2, 0.25) is 0 Å². The molecule has 1 aromatic heterocycles. The van der Waals surface area contributed by atoms with Crippen LogP contribution in [0.15, 0.2) is 6.20 Å². The Hall–Kier alpha value is -1.44. The molecule has 3 aliphatic rings. The number of carbonyl (C=O) groups is 1. The Balaban J connectivity index is 1.31. The van der Waals surface area contributed by atoms with E-state index in [0.29, 0.717) is 18.9 Å². The number of amides is 1. The lowest BCUT2D eigenvalue weighted by Crippen LogP contribution is -2.47. The highest BCUT2D eigenvalue weighted by Crippen LogP contribution is 2.33. The van der Waals surface area contributed by atoms with E-state index < -0.39 is 0 Å². The van der Waals surface area contributed by atoms with Gasteiger partial charge in [-0.1, -0.05) is 0 Å². The SMILES string of the molecule is Cc1c(CN2CCC3(CC2)CC(=O)N(CC2CCCOC2)CCO3)cnn1C. The van der Waals surface area contributed by atoms with Gasteiger partial charge in [-0.3, -0.25) is 14.4 Å². The molecule has 0 aliphatic carbocycles. The smallest absolute Gasteiger partial charge is 0.225 e. The molecule has 0 radical (unpaired) electrons. The van der Waals surface area contributed by atoms with E-state index >= 15 is 0 Å². The van der Waals surface area contributed by atoms with Gasteiger partial charge in [0, 0.05) is 57.6 Å². The molecule has 7 nitrogen and oxygen atoms in total. The van der Waals surface area contributed by atoms with Gasteiger partial charge in [-0.15, -0.1) is 0 Å². The molecule has 0 bridgehead atoms. The van der Waals surface area contributed by atoms with Crippen molar-refractivity contribution in [2.75, 3.05) is 46.0 Å². The molecule has 3 aliphatic heterocycles. The second-order valence-electron chi connectivity index (χ2n) is 8.79. The number of carbonyl (C=O) groups excluding carboxylic acids is 1. The Morgan fingerprint density at radius 2 is 2.07 bits per heavy atom. The van der Waals surface area contributed by atoms with Crippen molar-refractivity contribution in [3.05, 3.63) is 17.5 Å². The lowest BCUT2D eigenvalue weighted by molar-refractivity contribution is -0.136. The topological polar surface area (TPSA) is 59.8 Å².